The van der Waals surface area contributed by atoms with Gasteiger partial charge in [0.2, 0.25) is 0 Å². The van der Waals surface area contributed by atoms with Crippen molar-refractivity contribution < 1.29 is 26.7 Å². The lowest BCUT2D eigenvalue weighted by atomic mass is 10.1. The van der Waals surface area contributed by atoms with E-state index in [4.69, 9.17) is 0 Å². The Morgan fingerprint density at radius 2 is 1.78 bits per heavy atom. The molecule has 4 nitrogen and oxygen atoms in total. The fraction of sp³-hybridized carbons (Fsp3) is 0.364. The lowest BCUT2D eigenvalue weighted by Gasteiger charge is -2.11. The molecule has 0 aromatic heterocycles. The molecule has 0 saturated heterocycles. The molecule has 0 N–H and O–H groups in total. The summed E-state index contributed by atoms with van der Waals surface area (Å²) in [5, 5.41) is 0. The third-order valence-electron chi connectivity index (χ3n) is 2.38. The lowest BCUT2D eigenvalue weighted by molar-refractivity contribution is 0.0598. The summed E-state index contributed by atoms with van der Waals surface area (Å²) >= 11 is 0. The predicted molar refractivity (Wildman–Crippen MR) is 60.5 cm³/mol. The van der Waals surface area contributed by atoms with Crippen LogP contribution in [0.15, 0.2) is 17.0 Å². The van der Waals surface area contributed by atoms with Crippen molar-refractivity contribution in [2.75, 3.05) is 13.4 Å². The largest absolute Gasteiger partial charge is 0.465 e. The quantitative estimate of drug-likeness (QED) is 0.788. The van der Waals surface area contributed by atoms with Crippen LogP contribution in [-0.4, -0.2) is 27.8 Å². The van der Waals surface area contributed by atoms with Gasteiger partial charge in [-0.05, 0) is 17.7 Å². The number of halogens is 2. The van der Waals surface area contributed by atoms with Gasteiger partial charge in [0.15, 0.2) is 9.84 Å². The second-order valence-electron chi connectivity index (χ2n) is 3.65. The molecule has 7 heteroatoms. The van der Waals surface area contributed by atoms with Crippen LogP contribution >= 0.6 is 0 Å². The van der Waals surface area contributed by atoms with Crippen LogP contribution < -0.4 is 0 Å². The van der Waals surface area contributed by atoms with Gasteiger partial charge in [-0.3, -0.25) is 0 Å². The normalized spacial score (nSPS) is 11.3. The number of methoxy groups -OCH3 is 1. The van der Waals surface area contributed by atoms with Crippen molar-refractivity contribution in [3.8, 4) is 0 Å². The highest BCUT2D eigenvalue weighted by atomic mass is 32.2. The highest BCUT2D eigenvalue weighted by Crippen LogP contribution is 2.24. The number of esters is 1. The number of rotatable bonds is 4. The Labute approximate surface area is 103 Å². The second-order valence-corrected chi connectivity index (χ2v) is 5.63. The summed E-state index contributed by atoms with van der Waals surface area (Å²) in [6.07, 6.45) is 0.887. The molecule has 0 fully saturated rings. The Balaban J connectivity index is 3.59. The number of hydrogen-bond acceptors (Lipinski definition) is 4. The van der Waals surface area contributed by atoms with Crippen molar-refractivity contribution in [3.05, 3.63) is 28.8 Å². The molecule has 0 aliphatic heterocycles. The Hall–Kier alpha value is -1.50. The number of benzene rings is 1. The average molecular weight is 278 g/mol. The maximum Gasteiger partial charge on any atom is 0.338 e. The maximum absolute atomic E-state index is 12.7. The molecule has 100 valence electrons. The van der Waals surface area contributed by atoms with Gasteiger partial charge in [-0.25, -0.2) is 22.0 Å². The molecule has 1 aromatic rings. The summed E-state index contributed by atoms with van der Waals surface area (Å²) in [5.41, 5.74) is -0.475. The van der Waals surface area contributed by atoms with Crippen molar-refractivity contribution in [1.82, 2.24) is 0 Å². The third kappa shape index (κ3) is 2.84. The summed E-state index contributed by atoms with van der Waals surface area (Å²) in [6.45, 7) is -2.07. The Morgan fingerprint density at radius 1 is 1.22 bits per heavy atom. The molecular formula is C11H12F2O4S. The topological polar surface area (TPSA) is 60.4 Å². The zero-order valence-corrected chi connectivity index (χ0v) is 10.7. The monoisotopic (exact) mass is 278 g/mol. The number of carbonyl (C=O) groups is 1. The second kappa shape index (κ2) is 5.43. The van der Waals surface area contributed by atoms with Crippen LogP contribution in [0.1, 0.15) is 21.5 Å². The van der Waals surface area contributed by atoms with E-state index in [2.05, 4.69) is 4.74 Å². The van der Waals surface area contributed by atoms with Crippen LogP contribution in [-0.2, 0) is 27.9 Å². The number of ether oxygens (including phenoxy) is 1. The van der Waals surface area contributed by atoms with E-state index in [1.807, 2.05) is 0 Å². The molecule has 0 bridgehead atoms. The number of sulfone groups is 1. The van der Waals surface area contributed by atoms with Crippen LogP contribution in [0, 0.1) is 0 Å². The van der Waals surface area contributed by atoms with Crippen LogP contribution in [0.4, 0.5) is 8.78 Å². The minimum absolute atomic E-state index is 0.0955. The van der Waals surface area contributed by atoms with Crippen molar-refractivity contribution in [1.29, 1.82) is 0 Å². The first-order valence-electron chi connectivity index (χ1n) is 4.91. The molecule has 0 aliphatic carbocycles. The first-order valence-corrected chi connectivity index (χ1v) is 6.80. The highest BCUT2D eigenvalue weighted by Gasteiger charge is 2.20. The molecule has 0 radical (unpaired) electrons. The zero-order chi connectivity index (χ0) is 13.9. The molecule has 0 amide bonds. The van der Waals surface area contributed by atoms with Crippen molar-refractivity contribution in [2.24, 2.45) is 0 Å². The van der Waals surface area contributed by atoms with Crippen LogP contribution in [0.3, 0.4) is 0 Å². The van der Waals surface area contributed by atoms with Crippen molar-refractivity contribution >= 4 is 15.8 Å². The summed E-state index contributed by atoms with van der Waals surface area (Å²) < 4.78 is 52.8. The SMILES string of the molecule is COC(=O)c1cc(S(C)(=O)=O)c(CF)cc1CF. The molecule has 1 rings (SSSR count). The third-order valence-corrected chi connectivity index (χ3v) is 3.56. The molecule has 0 aliphatic rings. The number of carbonyl (C=O) groups excluding carboxylic acids is 1. The van der Waals surface area contributed by atoms with E-state index < -0.39 is 29.2 Å². The fourth-order valence-electron chi connectivity index (χ4n) is 1.54. The Bertz CT molecular complexity index is 567. The van der Waals surface area contributed by atoms with Crippen LogP contribution in [0.2, 0.25) is 0 Å². The molecule has 0 heterocycles. The summed E-state index contributed by atoms with van der Waals surface area (Å²) in [6, 6.07) is 1.98. The molecule has 0 spiro atoms. The van der Waals surface area contributed by atoms with Crippen molar-refractivity contribution in [2.45, 2.75) is 18.2 Å². The minimum Gasteiger partial charge on any atom is -0.465 e. The van der Waals surface area contributed by atoms with Gasteiger partial charge < -0.3 is 4.74 Å². The van der Waals surface area contributed by atoms with Crippen LogP contribution in [0.25, 0.3) is 0 Å². The van der Waals surface area contributed by atoms with Gasteiger partial charge in [0.25, 0.3) is 0 Å². The van der Waals surface area contributed by atoms with Gasteiger partial charge in [-0.1, -0.05) is 0 Å². The maximum atomic E-state index is 12.7. The highest BCUT2D eigenvalue weighted by molar-refractivity contribution is 7.90. The average Bonchev–Trinajstić information content (AvgIpc) is 2.34. The number of alkyl halides is 2. The smallest absolute Gasteiger partial charge is 0.338 e. The van der Waals surface area contributed by atoms with Gasteiger partial charge in [0.1, 0.15) is 13.3 Å². The first-order chi connectivity index (χ1) is 8.35. The zero-order valence-electron chi connectivity index (χ0n) is 9.87. The molecule has 1 aromatic carbocycles. The van der Waals surface area contributed by atoms with E-state index in [0.29, 0.717) is 0 Å². The van der Waals surface area contributed by atoms with E-state index in [-0.39, 0.29) is 21.6 Å². The van der Waals surface area contributed by atoms with E-state index in [9.17, 15) is 22.0 Å². The van der Waals surface area contributed by atoms with Crippen LogP contribution in [0.5, 0.6) is 0 Å². The van der Waals surface area contributed by atoms with E-state index >= 15 is 0 Å². The van der Waals surface area contributed by atoms with Gasteiger partial charge in [-0.15, -0.1) is 0 Å². The summed E-state index contributed by atoms with van der Waals surface area (Å²) in [4.78, 5) is 11.1. The van der Waals surface area contributed by atoms with Gasteiger partial charge in [0.05, 0.1) is 17.6 Å². The van der Waals surface area contributed by atoms with Gasteiger partial charge in [-0.2, -0.15) is 0 Å². The van der Waals surface area contributed by atoms with E-state index in [1.54, 1.807) is 0 Å². The summed E-state index contributed by atoms with van der Waals surface area (Å²) in [5.74, 6) is -0.863. The van der Waals surface area contributed by atoms with E-state index in [1.165, 1.54) is 0 Å². The Kier molecular flexibility index (Phi) is 4.39. The predicted octanol–water partition coefficient (Wildman–Crippen LogP) is 1.82. The minimum atomic E-state index is -3.71. The fourth-order valence-corrected chi connectivity index (χ4v) is 2.46. The van der Waals surface area contributed by atoms with E-state index in [0.717, 1.165) is 25.5 Å². The van der Waals surface area contributed by atoms with Gasteiger partial charge >= 0.3 is 5.97 Å². The molecule has 18 heavy (non-hydrogen) atoms. The standard InChI is InChI=1S/C11H12F2O4S/c1-17-11(14)9-4-10(18(2,15)16)8(6-13)3-7(9)5-12/h3-4H,5-6H2,1-2H3. The summed E-state index contributed by atoms with van der Waals surface area (Å²) in [7, 11) is -2.61. The molecule has 0 saturated carbocycles. The Morgan fingerprint density at radius 3 is 2.17 bits per heavy atom. The molecular weight excluding hydrogens is 266 g/mol. The lowest BCUT2D eigenvalue weighted by Crippen LogP contribution is -2.10. The van der Waals surface area contributed by atoms with Crippen molar-refractivity contribution in [3.63, 3.8) is 0 Å². The molecule has 0 atom stereocenters. The van der Waals surface area contributed by atoms with Gasteiger partial charge in [0, 0.05) is 11.8 Å². The number of hydrogen-bond donors (Lipinski definition) is 0. The molecule has 0 unspecified atom stereocenters. The first kappa shape index (κ1) is 14.6.